The minimum atomic E-state index is -0.0230. The molecule has 1 aliphatic heterocycles. The highest BCUT2D eigenvalue weighted by atomic mass is 32.2. The Bertz CT molecular complexity index is 798. The highest BCUT2D eigenvalue weighted by Gasteiger charge is 2.23. The molecule has 0 saturated carbocycles. The lowest BCUT2D eigenvalue weighted by Crippen LogP contribution is -2.20. The quantitative estimate of drug-likeness (QED) is 0.878. The number of rotatable bonds is 5. The number of para-hydroxylation sites is 1. The average molecular weight is 354 g/mol. The van der Waals surface area contributed by atoms with Gasteiger partial charge in [0.1, 0.15) is 5.75 Å². The first-order valence-corrected chi connectivity index (χ1v) is 9.00. The fourth-order valence-corrected chi connectivity index (χ4v) is 3.84. The molecule has 130 valence electrons. The number of benzene rings is 2. The van der Waals surface area contributed by atoms with Gasteiger partial charge < -0.3 is 15.0 Å². The van der Waals surface area contributed by atoms with Crippen LogP contribution in [0.3, 0.4) is 0 Å². The maximum Gasteiger partial charge on any atom is 0.252 e. The standard InChI is InChI=1S/C20H22N2O2S/c1-22(2)13-12-16-19(14-8-10-15(24-3)11-9-14)25-18-7-5-4-6-17(18)21-20(16)23/h4-11H,12-13H2,1-3H3,(H,21,23). The third-order valence-corrected chi connectivity index (χ3v) is 5.32. The zero-order valence-electron chi connectivity index (χ0n) is 14.7. The molecule has 1 amide bonds. The number of nitrogens with one attached hydrogen (secondary N) is 1. The largest absolute Gasteiger partial charge is 0.497 e. The molecule has 1 heterocycles. The van der Waals surface area contributed by atoms with Crippen molar-refractivity contribution in [2.45, 2.75) is 11.3 Å². The molecule has 0 atom stereocenters. The SMILES string of the molecule is COc1ccc(C2=C(CCN(C)C)C(=O)Nc3ccccc3S2)cc1. The number of nitrogens with zero attached hydrogens (tertiary/aromatic N) is 1. The molecule has 0 fully saturated rings. The number of hydrogen-bond donors (Lipinski definition) is 1. The van der Waals surface area contributed by atoms with E-state index in [2.05, 4.69) is 10.2 Å². The van der Waals surface area contributed by atoms with Crippen LogP contribution in [0.2, 0.25) is 0 Å². The summed E-state index contributed by atoms with van der Waals surface area (Å²) in [6, 6.07) is 15.8. The van der Waals surface area contributed by atoms with Crippen LogP contribution >= 0.6 is 11.8 Å². The van der Waals surface area contributed by atoms with Gasteiger partial charge in [-0.1, -0.05) is 36.0 Å². The maximum atomic E-state index is 12.9. The molecular formula is C20H22N2O2S. The van der Waals surface area contributed by atoms with Crippen LogP contribution in [0, 0.1) is 0 Å². The molecule has 0 spiro atoms. The molecule has 0 unspecified atom stereocenters. The summed E-state index contributed by atoms with van der Waals surface area (Å²) in [5.41, 5.74) is 2.72. The van der Waals surface area contributed by atoms with E-state index >= 15 is 0 Å². The number of thioether (sulfide) groups is 1. The van der Waals surface area contributed by atoms with Gasteiger partial charge in [-0.15, -0.1) is 0 Å². The lowest BCUT2D eigenvalue weighted by atomic mass is 10.1. The smallest absolute Gasteiger partial charge is 0.252 e. The molecule has 2 aromatic carbocycles. The van der Waals surface area contributed by atoms with Crippen molar-refractivity contribution in [2.24, 2.45) is 0 Å². The summed E-state index contributed by atoms with van der Waals surface area (Å²) in [4.78, 5) is 17.0. The summed E-state index contributed by atoms with van der Waals surface area (Å²) in [6.45, 7) is 0.819. The maximum absolute atomic E-state index is 12.9. The van der Waals surface area contributed by atoms with Gasteiger partial charge in [-0.25, -0.2) is 0 Å². The molecule has 0 aliphatic carbocycles. The molecule has 1 aliphatic rings. The van der Waals surface area contributed by atoms with Crippen LogP contribution in [0.15, 0.2) is 59.0 Å². The van der Waals surface area contributed by atoms with Gasteiger partial charge in [0.05, 0.1) is 12.8 Å². The van der Waals surface area contributed by atoms with Crippen LogP contribution in [0.25, 0.3) is 4.91 Å². The fraction of sp³-hybridized carbons (Fsp3) is 0.250. The van der Waals surface area contributed by atoms with Crippen molar-refractivity contribution < 1.29 is 9.53 Å². The van der Waals surface area contributed by atoms with E-state index in [0.717, 1.165) is 38.9 Å². The number of carbonyl (C=O) groups is 1. The molecule has 3 rings (SSSR count). The van der Waals surface area contributed by atoms with Gasteiger partial charge in [-0.05, 0) is 50.3 Å². The Labute approximate surface area is 152 Å². The Morgan fingerprint density at radius 3 is 2.48 bits per heavy atom. The third kappa shape index (κ3) is 4.06. The van der Waals surface area contributed by atoms with Gasteiger partial charge in [0.15, 0.2) is 0 Å². The minimum absolute atomic E-state index is 0.0230. The lowest BCUT2D eigenvalue weighted by Gasteiger charge is -2.15. The molecule has 1 N–H and O–H groups in total. The minimum Gasteiger partial charge on any atom is -0.497 e. The van der Waals surface area contributed by atoms with Crippen LogP contribution in [0.5, 0.6) is 5.75 Å². The first-order valence-electron chi connectivity index (χ1n) is 8.19. The van der Waals surface area contributed by atoms with E-state index in [9.17, 15) is 4.79 Å². The van der Waals surface area contributed by atoms with Crippen LogP contribution < -0.4 is 10.1 Å². The molecule has 0 bridgehead atoms. The molecule has 0 saturated heterocycles. The van der Waals surface area contributed by atoms with E-state index in [0.29, 0.717) is 6.42 Å². The zero-order chi connectivity index (χ0) is 17.8. The number of amides is 1. The number of ether oxygens (including phenoxy) is 1. The zero-order valence-corrected chi connectivity index (χ0v) is 15.5. The fourth-order valence-electron chi connectivity index (χ4n) is 2.67. The third-order valence-electron chi connectivity index (χ3n) is 4.06. The second-order valence-corrected chi connectivity index (χ2v) is 7.19. The summed E-state index contributed by atoms with van der Waals surface area (Å²) in [5.74, 6) is 0.785. The van der Waals surface area contributed by atoms with E-state index in [1.165, 1.54) is 0 Å². The molecule has 0 aromatic heterocycles. The number of methoxy groups -OCH3 is 1. The van der Waals surface area contributed by atoms with Gasteiger partial charge >= 0.3 is 0 Å². The summed E-state index contributed by atoms with van der Waals surface area (Å²) in [7, 11) is 5.69. The van der Waals surface area contributed by atoms with Crippen LogP contribution in [0.1, 0.15) is 12.0 Å². The van der Waals surface area contributed by atoms with E-state index in [4.69, 9.17) is 4.74 Å². The first-order chi connectivity index (χ1) is 12.1. The topological polar surface area (TPSA) is 41.6 Å². The van der Waals surface area contributed by atoms with Crippen LogP contribution in [0.4, 0.5) is 5.69 Å². The average Bonchev–Trinajstić information content (AvgIpc) is 2.75. The van der Waals surface area contributed by atoms with E-state index in [-0.39, 0.29) is 5.91 Å². The van der Waals surface area contributed by atoms with Gasteiger partial charge in [0.25, 0.3) is 5.91 Å². The van der Waals surface area contributed by atoms with E-state index in [1.807, 2.05) is 62.6 Å². The first kappa shape index (κ1) is 17.6. The predicted octanol–water partition coefficient (Wildman–Crippen LogP) is 4.10. The summed E-state index contributed by atoms with van der Waals surface area (Å²) in [5, 5.41) is 3.06. The highest BCUT2D eigenvalue weighted by molar-refractivity contribution is 8.08. The summed E-state index contributed by atoms with van der Waals surface area (Å²) < 4.78 is 5.26. The molecule has 2 aromatic rings. The Hall–Kier alpha value is -2.24. The van der Waals surface area contributed by atoms with Crippen molar-refractivity contribution in [1.29, 1.82) is 0 Å². The Morgan fingerprint density at radius 1 is 1.08 bits per heavy atom. The molecule has 5 heteroatoms. The number of carbonyl (C=O) groups excluding carboxylic acids is 1. The number of hydrogen-bond acceptors (Lipinski definition) is 4. The van der Waals surface area contributed by atoms with Crippen molar-refractivity contribution in [1.82, 2.24) is 4.90 Å². The van der Waals surface area contributed by atoms with Gasteiger partial charge in [-0.3, -0.25) is 4.79 Å². The van der Waals surface area contributed by atoms with Crippen LogP contribution in [-0.4, -0.2) is 38.6 Å². The van der Waals surface area contributed by atoms with Gasteiger partial charge in [-0.2, -0.15) is 0 Å². The molecule has 0 radical (unpaired) electrons. The summed E-state index contributed by atoms with van der Waals surface area (Å²) in [6.07, 6.45) is 0.696. The summed E-state index contributed by atoms with van der Waals surface area (Å²) >= 11 is 1.64. The Morgan fingerprint density at radius 2 is 1.80 bits per heavy atom. The van der Waals surface area contributed by atoms with Crippen molar-refractivity contribution >= 4 is 28.3 Å². The molecule has 4 nitrogen and oxygen atoms in total. The van der Waals surface area contributed by atoms with Crippen LogP contribution in [-0.2, 0) is 4.79 Å². The number of anilines is 1. The normalized spacial score (nSPS) is 14.2. The van der Waals surface area contributed by atoms with Gasteiger partial charge in [0.2, 0.25) is 0 Å². The molecular weight excluding hydrogens is 332 g/mol. The van der Waals surface area contributed by atoms with E-state index < -0.39 is 0 Å². The number of fused-ring (bicyclic) bond motifs is 1. The second kappa shape index (κ2) is 7.76. The second-order valence-electron chi connectivity index (χ2n) is 6.14. The van der Waals surface area contributed by atoms with Crippen molar-refractivity contribution in [3.05, 3.63) is 59.7 Å². The van der Waals surface area contributed by atoms with Crippen molar-refractivity contribution in [3.8, 4) is 5.75 Å². The predicted molar refractivity (Wildman–Crippen MR) is 104 cm³/mol. The Balaban J connectivity index is 2.06. The molecule has 25 heavy (non-hydrogen) atoms. The van der Waals surface area contributed by atoms with Gasteiger partial charge in [0, 0.05) is 21.9 Å². The highest BCUT2D eigenvalue weighted by Crippen LogP contribution is 2.43. The van der Waals surface area contributed by atoms with Crippen molar-refractivity contribution in [2.75, 3.05) is 33.1 Å². The van der Waals surface area contributed by atoms with E-state index in [1.54, 1.807) is 18.9 Å². The Kier molecular flexibility index (Phi) is 5.46. The lowest BCUT2D eigenvalue weighted by molar-refractivity contribution is -0.112. The van der Waals surface area contributed by atoms with Crippen molar-refractivity contribution in [3.63, 3.8) is 0 Å². The monoisotopic (exact) mass is 354 g/mol.